The Morgan fingerprint density at radius 1 is 1.14 bits per heavy atom. The highest BCUT2D eigenvalue weighted by Gasteiger charge is 2.32. The average molecular weight is 398 g/mol. The number of rotatable bonds is 5. The third-order valence-corrected chi connectivity index (χ3v) is 5.11. The minimum absolute atomic E-state index is 0.210. The summed E-state index contributed by atoms with van der Waals surface area (Å²) in [7, 11) is 0. The number of carbonyl (C=O) groups excluding carboxylic acids is 2. The molecule has 2 amide bonds. The van der Waals surface area contributed by atoms with Gasteiger partial charge < -0.3 is 19.2 Å². The van der Waals surface area contributed by atoms with E-state index >= 15 is 0 Å². The standard InChI is InChI=1S/C21H20ClN3O3/c22-16-5-1-4-15(12-16)21-18-7-2-8-24(18)9-10-25(21)20(27)13-19(26)23-14-17-6-3-11-28-17/h1-8,11-12,21H,9-10,13-14H2,(H,23,26). The molecule has 0 saturated carbocycles. The van der Waals surface area contributed by atoms with Gasteiger partial charge in [0.1, 0.15) is 12.2 Å². The summed E-state index contributed by atoms with van der Waals surface area (Å²) in [6, 6.07) is 14.7. The molecule has 1 unspecified atom stereocenters. The van der Waals surface area contributed by atoms with Crippen molar-refractivity contribution in [1.29, 1.82) is 0 Å². The molecule has 1 atom stereocenters. The predicted molar refractivity (Wildman–Crippen MR) is 105 cm³/mol. The highest BCUT2D eigenvalue weighted by Crippen LogP contribution is 2.33. The molecule has 6 nitrogen and oxygen atoms in total. The van der Waals surface area contributed by atoms with Gasteiger partial charge in [0, 0.05) is 30.0 Å². The van der Waals surface area contributed by atoms with Gasteiger partial charge in [-0.15, -0.1) is 0 Å². The van der Waals surface area contributed by atoms with Gasteiger partial charge in [-0.3, -0.25) is 9.59 Å². The summed E-state index contributed by atoms with van der Waals surface area (Å²) in [5.41, 5.74) is 1.94. The van der Waals surface area contributed by atoms with E-state index in [9.17, 15) is 9.59 Å². The topological polar surface area (TPSA) is 67.5 Å². The van der Waals surface area contributed by atoms with Gasteiger partial charge in [0.2, 0.25) is 11.8 Å². The van der Waals surface area contributed by atoms with E-state index in [0.29, 0.717) is 23.9 Å². The van der Waals surface area contributed by atoms with Gasteiger partial charge in [-0.05, 0) is 42.0 Å². The molecule has 144 valence electrons. The van der Waals surface area contributed by atoms with Gasteiger partial charge in [-0.25, -0.2) is 0 Å². The van der Waals surface area contributed by atoms with Crippen molar-refractivity contribution in [3.05, 3.63) is 83.0 Å². The smallest absolute Gasteiger partial charge is 0.232 e. The van der Waals surface area contributed by atoms with Crippen molar-refractivity contribution in [2.24, 2.45) is 0 Å². The normalized spacial score (nSPS) is 15.9. The van der Waals surface area contributed by atoms with Crippen LogP contribution in [0.1, 0.15) is 29.5 Å². The van der Waals surface area contributed by atoms with Crippen molar-refractivity contribution in [2.75, 3.05) is 6.54 Å². The number of hydrogen-bond donors (Lipinski definition) is 1. The van der Waals surface area contributed by atoms with Crippen LogP contribution >= 0.6 is 11.6 Å². The molecule has 0 aliphatic carbocycles. The van der Waals surface area contributed by atoms with E-state index in [0.717, 1.165) is 11.3 Å². The zero-order valence-corrected chi connectivity index (χ0v) is 15.9. The third kappa shape index (κ3) is 3.82. The maximum Gasteiger partial charge on any atom is 0.232 e. The maximum absolute atomic E-state index is 13.0. The van der Waals surface area contributed by atoms with Crippen LogP contribution < -0.4 is 5.32 Å². The van der Waals surface area contributed by atoms with Crippen LogP contribution in [-0.2, 0) is 22.7 Å². The molecule has 0 spiro atoms. The molecule has 1 aliphatic rings. The Labute approximate surface area is 167 Å². The van der Waals surface area contributed by atoms with Crippen LogP contribution in [0.25, 0.3) is 0 Å². The second-order valence-corrected chi connectivity index (χ2v) is 7.14. The molecule has 2 aromatic heterocycles. The minimum Gasteiger partial charge on any atom is -0.467 e. The van der Waals surface area contributed by atoms with Crippen molar-refractivity contribution < 1.29 is 14.0 Å². The number of halogens is 1. The summed E-state index contributed by atoms with van der Waals surface area (Å²) in [6.07, 6.45) is 3.34. The first kappa shape index (κ1) is 18.4. The van der Waals surface area contributed by atoms with Gasteiger partial charge in [0.15, 0.2) is 0 Å². The largest absolute Gasteiger partial charge is 0.467 e. The second-order valence-electron chi connectivity index (χ2n) is 6.70. The van der Waals surface area contributed by atoms with Crippen molar-refractivity contribution in [1.82, 2.24) is 14.8 Å². The van der Waals surface area contributed by atoms with Crippen LogP contribution in [0.4, 0.5) is 0 Å². The number of fused-ring (bicyclic) bond motifs is 1. The first-order valence-corrected chi connectivity index (χ1v) is 9.48. The van der Waals surface area contributed by atoms with Gasteiger partial charge in [-0.2, -0.15) is 0 Å². The fraction of sp³-hybridized carbons (Fsp3) is 0.238. The Kier molecular flexibility index (Phi) is 5.21. The lowest BCUT2D eigenvalue weighted by Gasteiger charge is -2.37. The quantitative estimate of drug-likeness (QED) is 0.671. The fourth-order valence-corrected chi connectivity index (χ4v) is 3.78. The molecule has 4 rings (SSSR count). The minimum atomic E-state index is -0.327. The molecular weight excluding hydrogens is 378 g/mol. The molecule has 0 saturated heterocycles. The summed E-state index contributed by atoms with van der Waals surface area (Å²) in [5.74, 6) is 0.106. The number of nitrogens with one attached hydrogen (secondary N) is 1. The molecule has 1 aromatic carbocycles. The number of furan rings is 1. The lowest BCUT2D eigenvalue weighted by Crippen LogP contribution is -2.44. The highest BCUT2D eigenvalue weighted by molar-refractivity contribution is 6.30. The van der Waals surface area contributed by atoms with Crippen LogP contribution in [0.15, 0.2) is 65.4 Å². The lowest BCUT2D eigenvalue weighted by atomic mass is 9.99. The summed E-state index contributed by atoms with van der Waals surface area (Å²) in [5, 5.41) is 3.34. The van der Waals surface area contributed by atoms with Crippen molar-refractivity contribution in [3.63, 3.8) is 0 Å². The lowest BCUT2D eigenvalue weighted by molar-refractivity contribution is -0.138. The summed E-state index contributed by atoms with van der Waals surface area (Å²) < 4.78 is 7.33. The van der Waals surface area contributed by atoms with Crippen molar-refractivity contribution in [3.8, 4) is 0 Å². The van der Waals surface area contributed by atoms with E-state index < -0.39 is 0 Å². The number of benzene rings is 1. The number of hydrogen-bond acceptors (Lipinski definition) is 3. The maximum atomic E-state index is 13.0. The Bertz CT molecular complexity index is 980. The van der Waals surface area contributed by atoms with Crippen LogP contribution in [0.5, 0.6) is 0 Å². The number of carbonyl (C=O) groups is 2. The van der Waals surface area contributed by atoms with E-state index in [4.69, 9.17) is 16.0 Å². The first-order chi connectivity index (χ1) is 13.6. The molecule has 3 aromatic rings. The summed E-state index contributed by atoms with van der Waals surface area (Å²) in [4.78, 5) is 27.0. The van der Waals surface area contributed by atoms with Crippen LogP contribution in [0.2, 0.25) is 5.02 Å². The fourth-order valence-electron chi connectivity index (χ4n) is 3.58. The van der Waals surface area contributed by atoms with E-state index in [1.54, 1.807) is 29.4 Å². The van der Waals surface area contributed by atoms with E-state index in [1.165, 1.54) is 0 Å². The summed E-state index contributed by atoms with van der Waals surface area (Å²) >= 11 is 6.18. The average Bonchev–Trinajstić information content (AvgIpc) is 3.37. The predicted octanol–water partition coefficient (Wildman–Crippen LogP) is 3.37. The SMILES string of the molecule is O=C(CC(=O)N1CCn2cccc2C1c1cccc(Cl)c1)NCc1ccco1. The number of nitrogens with zero attached hydrogens (tertiary/aromatic N) is 2. The molecule has 0 bridgehead atoms. The number of aromatic nitrogens is 1. The molecule has 3 heterocycles. The molecule has 0 fully saturated rings. The van der Waals surface area contributed by atoms with Crippen LogP contribution in [0, 0.1) is 0 Å². The van der Waals surface area contributed by atoms with Gasteiger partial charge in [0.25, 0.3) is 0 Å². The highest BCUT2D eigenvalue weighted by atomic mass is 35.5. The van der Waals surface area contributed by atoms with E-state index in [-0.39, 0.29) is 30.8 Å². The third-order valence-electron chi connectivity index (χ3n) is 4.87. The first-order valence-electron chi connectivity index (χ1n) is 9.11. The van der Waals surface area contributed by atoms with Gasteiger partial charge >= 0.3 is 0 Å². The Balaban J connectivity index is 1.51. The Morgan fingerprint density at radius 2 is 2.04 bits per heavy atom. The Morgan fingerprint density at radius 3 is 2.82 bits per heavy atom. The van der Waals surface area contributed by atoms with Crippen molar-refractivity contribution in [2.45, 2.75) is 25.6 Å². The van der Waals surface area contributed by atoms with E-state index in [2.05, 4.69) is 9.88 Å². The van der Waals surface area contributed by atoms with Gasteiger partial charge in [0.05, 0.1) is 18.8 Å². The molecule has 0 radical (unpaired) electrons. The van der Waals surface area contributed by atoms with Gasteiger partial charge in [-0.1, -0.05) is 23.7 Å². The zero-order valence-electron chi connectivity index (χ0n) is 15.2. The summed E-state index contributed by atoms with van der Waals surface area (Å²) in [6.45, 7) is 1.49. The van der Waals surface area contributed by atoms with E-state index in [1.807, 2.05) is 36.5 Å². The molecule has 7 heteroatoms. The zero-order chi connectivity index (χ0) is 19.5. The number of amides is 2. The monoisotopic (exact) mass is 397 g/mol. The molecular formula is C21H20ClN3O3. The second kappa shape index (κ2) is 7.94. The van der Waals surface area contributed by atoms with Crippen molar-refractivity contribution >= 4 is 23.4 Å². The van der Waals surface area contributed by atoms with Crippen LogP contribution in [0.3, 0.4) is 0 Å². The molecule has 1 aliphatic heterocycles. The van der Waals surface area contributed by atoms with Crippen LogP contribution in [-0.4, -0.2) is 27.8 Å². The molecule has 1 N–H and O–H groups in total. The molecule has 28 heavy (non-hydrogen) atoms. The Hall–Kier alpha value is -2.99.